The van der Waals surface area contributed by atoms with E-state index in [0.717, 1.165) is 6.42 Å². The smallest absolute Gasteiger partial charge is 0.338 e. The van der Waals surface area contributed by atoms with E-state index >= 15 is 0 Å². The number of urea groups is 1. The fraction of sp³-hybridized carbons (Fsp3) is 0.538. The average Bonchev–Trinajstić information content (AvgIpc) is 2.95. The largest absolute Gasteiger partial charge is 0.478 e. The van der Waals surface area contributed by atoms with Gasteiger partial charge in [-0.2, -0.15) is 0 Å². The van der Waals surface area contributed by atoms with E-state index in [0.29, 0.717) is 23.4 Å². The summed E-state index contributed by atoms with van der Waals surface area (Å²) in [4.78, 5) is 22.6. The maximum Gasteiger partial charge on any atom is 0.338 e. The van der Waals surface area contributed by atoms with E-state index in [1.165, 1.54) is 30.2 Å². The number of aromatic carboxylic acids is 1. The summed E-state index contributed by atoms with van der Waals surface area (Å²) in [5.74, 6) is 0.158. The molecular formula is C13H18N2O3S. The van der Waals surface area contributed by atoms with Crippen LogP contribution in [0.2, 0.25) is 0 Å². The molecule has 1 heterocycles. The van der Waals surface area contributed by atoms with Crippen molar-refractivity contribution in [1.29, 1.82) is 0 Å². The first kappa shape index (κ1) is 13.9. The van der Waals surface area contributed by atoms with E-state index in [4.69, 9.17) is 5.11 Å². The van der Waals surface area contributed by atoms with Crippen LogP contribution in [0.5, 0.6) is 0 Å². The van der Waals surface area contributed by atoms with Gasteiger partial charge in [0.2, 0.25) is 0 Å². The molecule has 1 aliphatic carbocycles. The lowest BCUT2D eigenvalue weighted by atomic mass is 9.98. The van der Waals surface area contributed by atoms with Crippen LogP contribution in [-0.2, 0) is 0 Å². The Morgan fingerprint density at radius 2 is 2.26 bits per heavy atom. The summed E-state index contributed by atoms with van der Waals surface area (Å²) in [5, 5.41) is 16.4. The minimum absolute atomic E-state index is 0.134. The van der Waals surface area contributed by atoms with Gasteiger partial charge in [0, 0.05) is 6.54 Å². The van der Waals surface area contributed by atoms with Gasteiger partial charge in [0.05, 0.1) is 5.56 Å². The molecule has 1 fully saturated rings. The molecule has 19 heavy (non-hydrogen) atoms. The van der Waals surface area contributed by atoms with Crippen molar-refractivity contribution in [2.45, 2.75) is 26.2 Å². The fourth-order valence-corrected chi connectivity index (χ4v) is 3.25. The summed E-state index contributed by atoms with van der Waals surface area (Å²) in [6, 6.07) is 1.16. The van der Waals surface area contributed by atoms with E-state index in [9.17, 15) is 9.59 Å². The van der Waals surface area contributed by atoms with Crippen LogP contribution in [0.25, 0.3) is 0 Å². The maximum atomic E-state index is 11.7. The third kappa shape index (κ3) is 3.47. The molecule has 104 valence electrons. The van der Waals surface area contributed by atoms with Crippen molar-refractivity contribution in [2.75, 3.05) is 11.9 Å². The molecule has 1 saturated carbocycles. The third-order valence-corrected chi connectivity index (χ3v) is 4.52. The Morgan fingerprint density at radius 1 is 1.47 bits per heavy atom. The molecule has 2 atom stereocenters. The van der Waals surface area contributed by atoms with E-state index < -0.39 is 5.97 Å². The Balaban J connectivity index is 1.84. The van der Waals surface area contributed by atoms with Crippen molar-refractivity contribution >= 4 is 28.3 Å². The number of amides is 2. The van der Waals surface area contributed by atoms with Crippen LogP contribution in [0.4, 0.5) is 9.80 Å². The number of anilines is 1. The Bertz CT molecular complexity index is 472. The number of carbonyl (C=O) groups is 2. The summed E-state index contributed by atoms with van der Waals surface area (Å²) >= 11 is 1.21. The van der Waals surface area contributed by atoms with Gasteiger partial charge in [-0.15, -0.1) is 11.3 Å². The van der Waals surface area contributed by atoms with E-state index in [1.54, 1.807) is 5.38 Å². The highest BCUT2D eigenvalue weighted by atomic mass is 32.1. The lowest BCUT2D eigenvalue weighted by Crippen LogP contribution is -2.33. The average molecular weight is 282 g/mol. The first-order chi connectivity index (χ1) is 9.08. The van der Waals surface area contributed by atoms with E-state index in [2.05, 4.69) is 17.6 Å². The second-order valence-electron chi connectivity index (χ2n) is 4.97. The third-order valence-electron chi connectivity index (χ3n) is 3.69. The van der Waals surface area contributed by atoms with Crippen LogP contribution in [0.3, 0.4) is 0 Å². The van der Waals surface area contributed by atoms with Crippen molar-refractivity contribution in [1.82, 2.24) is 5.32 Å². The van der Waals surface area contributed by atoms with Crippen molar-refractivity contribution in [3.05, 3.63) is 17.0 Å². The molecular weight excluding hydrogens is 264 g/mol. The first-order valence-corrected chi connectivity index (χ1v) is 7.31. The van der Waals surface area contributed by atoms with Gasteiger partial charge < -0.3 is 10.4 Å². The summed E-state index contributed by atoms with van der Waals surface area (Å²) in [6.45, 7) is 2.86. The zero-order valence-electron chi connectivity index (χ0n) is 10.8. The molecule has 5 nitrogen and oxygen atoms in total. The number of hydrogen-bond donors (Lipinski definition) is 3. The number of thiophene rings is 1. The summed E-state index contributed by atoms with van der Waals surface area (Å²) in [5.41, 5.74) is 0.134. The van der Waals surface area contributed by atoms with E-state index in [-0.39, 0.29) is 11.6 Å². The highest BCUT2D eigenvalue weighted by Gasteiger charge is 2.23. The van der Waals surface area contributed by atoms with Crippen LogP contribution in [0.15, 0.2) is 11.4 Å². The molecule has 1 aromatic heterocycles. The van der Waals surface area contributed by atoms with Crippen LogP contribution >= 0.6 is 11.3 Å². The summed E-state index contributed by atoms with van der Waals surface area (Å²) in [6.07, 6.45) is 3.60. The van der Waals surface area contributed by atoms with Gasteiger partial charge in [-0.1, -0.05) is 19.8 Å². The molecule has 0 bridgehead atoms. The van der Waals surface area contributed by atoms with Gasteiger partial charge in [-0.3, -0.25) is 5.32 Å². The molecule has 0 saturated heterocycles. The number of nitrogens with one attached hydrogen (secondary N) is 2. The molecule has 1 aliphatic rings. The van der Waals surface area contributed by atoms with Crippen LogP contribution in [-0.4, -0.2) is 23.7 Å². The highest BCUT2D eigenvalue weighted by molar-refractivity contribution is 7.14. The second kappa shape index (κ2) is 6.06. The molecule has 1 aromatic rings. The number of carbonyl (C=O) groups excluding carboxylic acids is 1. The number of rotatable bonds is 4. The Hall–Kier alpha value is -1.56. The highest BCUT2D eigenvalue weighted by Crippen LogP contribution is 2.30. The van der Waals surface area contributed by atoms with Crippen LogP contribution < -0.4 is 10.6 Å². The van der Waals surface area contributed by atoms with Gasteiger partial charge in [-0.05, 0) is 29.7 Å². The molecule has 0 aromatic carbocycles. The topological polar surface area (TPSA) is 78.4 Å². The van der Waals surface area contributed by atoms with Crippen molar-refractivity contribution in [2.24, 2.45) is 11.8 Å². The SMILES string of the molecule is CC1CCCC1CNC(=O)Nc1sccc1C(=O)O. The first-order valence-electron chi connectivity index (χ1n) is 6.43. The Labute approximate surface area is 116 Å². The lowest BCUT2D eigenvalue weighted by Gasteiger charge is -2.16. The minimum Gasteiger partial charge on any atom is -0.478 e. The predicted octanol–water partition coefficient (Wildman–Crippen LogP) is 3.00. The molecule has 2 rings (SSSR count). The standard InChI is InChI=1S/C13H18N2O3S/c1-8-3-2-4-9(8)7-14-13(18)15-11-10(12(16)17)5-6-19-11/h5-6,8-9H,2-4,7H2,1H3,(H,16,17)(H2,14,15,18). The monoisotopic (exact) mass is 282 g/mol. The number of hydrogen-bond acceptors (Lipinski definition) is 3. The molecule has 3 N–H and O–H groups in total. The van der Waals surface area contributed by atoms with Crippen molar-refractivity contribution in [3.63, 3.8) is 0 Å². The normalized spacial score (nSPS) is 22.2. The number of carboxylic acid groups (broad SMARTS) is 1. The maximum absolute atomic E-state index is 11.7. The molecule has 6 heteroatoms. The molecule has 2 unspecified atom stereocenters. The van der Waals surface area contributed by atoms with Gasteiger partial charge in [0.25, 0.3) is 0 Å². The van der Waals surface area contributed by atoms with Crippen LogP contribution in [0.1, 0.15) is 36.5 Å². The van der Waals surface area contributed by atoms with Gasteiger partial charge in [0.1, 0.15) is 5.00 Å². The van der Waals surface area contributed by atoms with E-state index in [1.807, 2.05) is 0 Å². The quantitative estimate of drug-likeness (QED) is 0.794. The van der Waals surface area contributed by atoms with Gasteiger partial charge in [0.15, 0.2) is 0 Å². The van der Waals surface area contributed by atoms with Gasteiger partial charge in [-0.25, -0.2) is 9.59 Å². The predicted molar refractivity (Wildman–Crippen MR) is 74.8 cm³/mol. The molecule has 2 amide bonds. The van der Waals surface area contributed by atoms with Crippen LogP contribution in [0, 0.1) is 11.8 Å². The molecule has 0 radical (unpaired) electrons. The molecule has 0 spiro atoms. The fourth-order valence-electron chi connectivity index (χ4n) is 2.47. The Kier molecular flexibility index (Phi) is 4.42. The van der Waals surface area contributed by atoms with Crippen molar-refractivity contribution in [3.8, 4) is 0 Å². The van der Waals surface area contributed by atoms with Gasteiger partial charge >= 0.3 is 12.0 Å². The van der Waals surface area contributed by atoms with Crippen molar-refractivity contribution < 1.29 is 14.7 Å². The zero-order valence-corrected chi connectivity index (χ0v) is 11.6. The summed E-state index contributed by atoms with van der Waals surface area (Å²) in [7, 11) is 0. The Morgan fingerprint density at radius 3 is 2.89 bits per heavy atom. The summed E-state index contributed by atoms with van der Waals surface area (Å²) < 4.78 is 0. The zero-order chi connectivity index (χ0) is 13.8. The lowest BCUT2D eigenvalue weighted by molar-refractivity contribution is 0.0698. The number of carboxylic acids is 1. The second-order valence-corrected chi connectivity index (χ2v) is 5.89. The minimum atomic E-state index is -1.03. The molecule has 0 aliphatic heterocycles.